The van der Waals surface area contributed by atoms with Crippen molar-refractivity contribution in [3.05, 3.63) is 75.8 Å². The van der Waals surface area contributed by atoms with Crippen molar-refractivity contribution in [3.8, 4) is 0 Å². The van der Waals surface area contributed by atoms with Gasteiger partial charge in [0, 0.05) is 25.6 Å². The number of likely N-dealkylation sites (tertiary alicyclic amines) is 1. The summed E-state index contributed by atoms with van der Waals surface area (Å²) in [4.78, 5) is 31.2. The molecule has 1 N–H and O–H groups in total. The van der Waals surface area contributed by atoms with Gasteiger partial charge in [-0.3, -0.25) is 9.36 Å². The molecule has 1 fully saturated rings. The second kappa shape index (κ2) is 8.92. The Hall–Kier alpha value is -3.15. The summed E-state index contributed by atoms with van der Waals surface area (Å²) in [6.07, 6.45) is 1.62. The van der Waals surface area contributed by atoms with Crippen molar-refractivity contribution in [1.29, 1.82) is 0 Å². The van der Waals surface area contributed by atoms with E-state index in [1.54, 1.807) is 4.57 Å². The summed E-state index contributed by atoms with van der Waals surface area (Å²) in [6, 6.07) is 16.1. The molecule has 1 aliphatic heterocycles. The number of carbonyl (C=O) groups is 1. The van der Waals surface area contributed by atoms with Gasteiger partial charge in [0.25, 0.3) is 5.56 Å². The third kappa shape index (κ3) is 4.63. The van der Waals surface area contributed by atoms with Gasteiger partial charge in [0.2, 0.25) is 0 Å². The summed E-state index contributed by atoms with van der Waals surface area (Å²) in [7, 11) is 0. The predicted octanol–water partition coefficient (Wildman–Crippen LogP) is 4.50. The first-order valence-electron chi connectivity index (χ1n) is 11.0. The average Bonchev–Trinajstić information content (AvgIpc) is 2.76. The molecule has 0 bridgehead atoms. The summed E-state index contributed by atoms with van der Waals surface area (Å²) in [5.41, 5.74) is 2.97. The quantitative estimate of drug-likeness (QED) is 0.661. The fourth-order valence-corrected chi connectivity index (χ4v) is 4.49. The molecule has 0 unspecified atom stereocenters. The Labute approximate surface area is 182 Å². The lowest BCUT2D eigenvalue weighted by atomic mass is 9.97. The molecule has 1 amide bonds. The maximum atomic E-state index is 13.5. The van der Waals surface area contributed by atoms with Gasteiger partial charge in [-0.15, -0.1) is 0 Å². The third-order valence-electron chi connectivity index (χ3n) is 6.05. The van der Waals surface area contributed by atoms with E-state index in [0.717, 1.165) is 36.2 Å². The SMILES string of the molecule is CC(C)c1nc2ccc(Cc3ccccc3)cc2c(=O)n1C[C@H]1CCCN(C(=O)O)C1. The standard InChI is InChI=1S/C25H29N3O3/c1-17(2)23-26-22-11-10-19(13-18-7-4-3-5-8-18)14-21(22)24(29)28(23)16-20-9-6-12-27(15-20)25(30)31/h3-5,7-8,10-11,14,17,20H,6,9,12-13,15-16H2,1-2H3,(H,30,31)/t20-/m0/s1. The van der Waals surface area contributed by atoms with Gasteiger partial charge in [-0.25, -0.2) is 9.78 Å². The summed E-state index contributed by atoms with van der Waals surface area (Å²) in [6.45, 7) is 5.61. The highest BCUT2D eigenvalue weighted by Crippen LogP contribution is 2.22. The first kappa shape index (κ1) is 21.1. The van der Waals surface area contributed by atoms with Gasteiger partial charge in [0.15, 0.2) is 0 Å². The summed E-state index contributed by atoms with van der Waals surface area (Å²) in [5.74, 6) is 0.979. The van der Waals surface area contributed by atoms with Crippen LogP contribution in [0.1, 0.15) is 49.6 Å². The number of piperidine rings is 1. The lowest BCUT2D eigenvalue weighted by molar-refractivity contribution is 0.116. The monoisotopic (exact) mass is 419 g/mol. The number of amides is 1. The van der Waals surface area contributed by atoms with E-state index >= 15 is 0 Å². The molecular formula is C25H29N3O3. The average molecular weight is 420 g/mol. The number of rotatable bonds is 5. The van der Waals surface area contributed by atoms with Gasteiger partial charge >= 0.3 is 6.09 Å². The van der Waals surface area contributed by atoms with Crippen LogP contribution >= 0.6 is 0 Å². The molecule has 6 heteroatoms. The van der Waals surface area contributed by atoms with E-state index in [1.165, 1.54) is 10.5 Å². The third-order valence-corrected chi connectivity index (χ3v) is 6.05. The summed E-state index contributed by atoms with van der Waals surface area (Å²) >= 11 is 0. The Bertz CT molecular complexity index is 1140. The number of fused-ring (bicyclic) bond motifs is 1. The Morgan fingerprint density at radius 1 is 1.16 bits per heavy atom. The predicted molar refractivity (Wildman–Crippen MR) is 122 cm³/mol. The highest BCUT2D eigenvalue weighted by atomic mass is 16.4. The van der Waals surface area contributed by atoms with E-state index in [1.807, 2.05) is 50.2 Å². The molecule has 1 aliphatic rings. The van der Waals surface area contributed by atoms with Gasteiger partial charge in [0.1, 0.15) is 5.82 Å². The Morgan fingerprint density at radius 3 is 2.65 bits per heavy atom. The van der Waals surface area contributed by atoms with E-state index in [9.17, 15) is 14.7 Å². The minimum atomic E-state index is -0.886. The molecule has 2 heterocycles. The minimum Gasteiger partial charge on any atom is -0.465 e. The Kier molecular flexibility index (Phi) is 6.07. The van der Waals surface area contributed by atoms with Crippen LogP contribution in [0.2, 0.25) is 0 Å². The van der Waals surface area contributed by atoms with E-state index in [4.69, 9.17) is 4.98 Å². The first-order chi connectivity index (χ1) is 14.9. The number of carboxylic acid groups (broad SMARTS) is 1. The molecule has 2 aromatic carbocycles. The van der Waals surface area contributed by atoms with Crippen LogP contribution < -0.4 is 5.56 Å². The molecule has 0 radical (unpaired) electrons. The normalized spacial score (nSPS) is 16.7. The summed E-state index contributed by atoms with van der Waals surface area (Å²) in [5, 5.41) is 9.99. The number of hydrogen-bond acceptors (Lipinski definition) is 3. The zero-order valence-corrected chi connectivity index (χ0v) is 18.1. The lowest BCUT2D eigenvalue weighted by Crippen LogP contribution is -2.41. The maximum absolute atomic E-state index is 13.5. The van der Waals surface area contributed by atoms with Crippen molar-refractivity contribution in [2.75, 3.05) is 13.1 Å². The van der Waals surface area contributed by atoms with Crippen molar-refractivity contribution in [1.82, 2.24) is 14.5 Å². The largest absolute Gasteiger partial charge is 0.465 e. The van der Waals surface area contributed by atoms with Crippen molar-refractivity contribution < 1.29 is 9.90 Å². The zero-order chi connectivity index (χ0) is 22.0. The van der Waals surface area contributed by atoms with Crippen LogP contribution in [-0.2, 0) is 13.0 Å². The van der Waals surface area contributed by atoms with E-state index in [-0.39, 0.29) is 17.4 Å². The highest BCUT2D eigenvalue weighted by molar-refractivity contribution is 5.78. The molecule has 0 spiro atoms. The highest BCUT2D eigenvalue weighted by Gasteiger charge is 2.25. The number of aromatic nitrogens is 2. The van der Waals surface area contributed by atoms with Crippen LogP contribution in [0.15, 0.2) is 53.3 Å². The van der Waals surface area contributed by atoms with Crippen LogP contribution in [0.5, 0.6) is 0 Å². The second-order valence-corrected chi connectivity index (χ2v) is 8.79. The fraction of sp³-hybridized carbons (Fsp3) is 0.400. The molecular weight excluding hydrogens is 390 g/mol. The van der Waals surface area contributed by atoms with Crippen molar-refractivity contribution in [2.24, 2.45) is 5.92 Å². The van der Waals surface area contributed by atoms with Gasteiger partial charge in [-0.2, -0.15) is 0 Å². The molecule has 31 heavy (non-hydrogen) atoms. The molecule has 1 aromatic heterocycles. The van der Waals surface area contributed by atoms with Crippen molar-refractivity contribution >= 4 is 17.0 Å². The minimum absolute atomic E-state index is 0.0314. The fourth-order valence-electron chi connectivity index (χ4n) is 4.49. The topological polar surface area (TPSA) is 75.4 Å². The van der Waals surface area contributed by atoms with Crippen LogP contribution in [-0.4, -0.2) is 38.7 Å². The van der Waals surface area contributed by atoms with Crippen molar-refractivity contribution in [2.45, 2.75) is 45.6 Å². The van der Waals surface area contributed by atoms with Crippen LogP contribution in [0.4, 0.5) is 4.79 Å². The molecule has 1 saturated heterocycles. The van der Waals surface area contributed by atoms with Crippen LogP contribution in [0, 0.1) is 5.92 Å². The molecule has 162 valence electrons. The number of nitrogens with zero attached hydrogens (tertiary/aromatic N) is 3. The molecule has 1 atom stereocenters. The Morgan fingerprint density at radius 2 is 1.94 bits per heavy atom. The molecule has 0 aliphatic carbocycles. The molecule has 0 saturated carbocycles. The van der Waals surface area contributed by atoms with Crippen molar-refractivity contribution in [3.63, 3.8) is 0 Å². The van der Waals surface area contributed by atoms with Gasteiger partial charge in [-0.05, 0) is 48.4 Å². The molecule has 6 nitrogen and oxygen atoms in total. The number of hydrogen-bond donors (Lipinski definition) is 1. The molecule has 4 rings (SSSR count). The van der Waals surface area contributed by atoms with Crippen LogP contribution in [0.25, 0.3) is 10.9 Å². The zero-order valence-electron chi connectivity index (χ0n) is 18.1. The van der Waals surface area contributed by atoms with Crippen LogP contribution in [0.3, 0.4) is 0 Å². The van der Waals surface area contributed by atoms with E-state index in [2.05, 4.69) is 12.1 Å². The lowest BCUT2D eigenvalue weighted by Gasteiger charge is -2.31. The van der Waals surface area contributed by atoms with E-state index in [0.29, 0.717) is 25.0 Å². The maximum Gasteiger partial charge on any atom is 0.407 e. The second-order valence-electron chi connectivity index (χ2n) is 8.79. The number of benzene rings is 2. The molecule has 3 aromatic rings. The Balaban J connectivity index is 1.70. The summed E-state index contributed by atoms with van der Waals surface area (Å²) < 4.78 is 1.79. The first-order valence-corrected chi connectivity index (χ1v) is 11.0. The van der Waals surface area contributed by atoms with E-state index < -0.39 is 6.09 Å². The van der Waals surface area contributed by atoms with Gasteiger partial charge in [0.05, 0.1) is 10.9 Å². The van der Waals surface area contributed by atoms with Gasteiger partial charge < -0.3 is 10.0 Å². The smallest absolute Gasteiger partial charge is 0.407 e. The van der Waals surface area contributed by atoms with Gasteiger partial charge in [-0.1, -0.05) is 50.2 Å².